The molecule has 0 aliphatic rings. The lowest BCUT2D eigenvalue weighted by Gasteiger charge is -2.18. The van der Waals surface area contributed by atoms with Gasteiger partial charge in [-0.3, -0.25) is 0 Å². The molecular formula is C10H20N4O. The highest BCUT2D eigenvalue weighted by molar-refractivity contribution is 4.76. The van der Waals surface area contributed by atoms with Gasteiger partial charge in [0, 0.05) is 13.0 Å². The molecule has 0 aliphatic heterocycles. The Balaban J connectivity index is 2.10. The van der Waals surface area contributed by atoms with E-state index in [0.29, 0.717) is 17.7 Å². The number of hydrogen-bond donors (Lipinski definition) is 2. The minimum absolute atomic E-state index is 0.535. The first-order chi connectivity index (χ1) is 7.24. The average molecular weight is 212 g/mol. The van der Waals surface area contributed by atoms with Crippen LogP contribution in [0.3, 0.4) is 0 Å². The number of nitrogens with two attached hydrogens (primary N) is 1. The fraction of sp³-hybridized carbons (Fsp3) is 0.800. The smallest absolute Gasteiger partial charge is 0.227 e. The van der Waals surface area contributed by atoms with Gasteiger partial charge in [0.1, 0.15) is 0 Å². The molecule has 0 fully saturated rings. The largest absolute Gasteiger partial charge is 0.340 e. The lowest BCUT2D eigenvalue weighted by molar-refractivity contribution is 0.355. The molecule has 5 heteroatoms. The van der Waals surface area contributed by atoms with Crippen LogP contribution in [0.1, 0.15) is 19.7 Å². The van der Waals surface area contributed by atoms with Crippen LogP contribution < -0.4 is 11.1 Å². The SMILES string of the molecule is CC(C)C(CN)CNCCc1ncno1. The summed E-state index contributed by atoms with van der Waals surface area (Å²) in [6.45, 7) is 6.91. The third-order valence-corrected chi connectivity index (χ3v) is 2.57. The summed E-state index contributed by atoms with van der Waals surface area (Å²) >= 11 is 0. The van der Waals surface area contributed by atoms with E-state index in [4.69, 9.17) is 10.3 Å². The molecule has 15 heavy (non-hydrogen) atoms. The molecule has 0 bridgehead atoms. The molecule has 1 aromatic rings. The molecule has 0 aliphatic carbocycles. The van der Waals surface area contributed by atoms with Crippen molar-refractivity contribution in [2.24, 2.45) is 17.6 Å². The number of hydrogen-bond acceptors (Lipinski definition) is 5. The van der Waals surface area contributed by atoms with Gasteiger partial charge in [0.25, 0.3) is 0 Å². The van der Waals surface area contributed by atoms with Crippen LogP contribution in [0.4, 0.5) is 0 Å². The van der Waals surface area contributed by atoms with Gasteiger partial charge in [-0.2, -0.15) is 4.98 Å². The van der Waals surface area contributed by atoms with E-state index in [1.54, 1.807) is 0 Å². The van der Waals surface area contributed by atoms with Crippen LogP contribution in [0.5, 0.6) is 0 Å². The van der Waals surface area contributed by atoms with Crippen molar-refractivity contribution in [3.8, 4) is 0 Å². The Morgan fingerprint density at radius 1 is 1.53 bits per heavy atom. The standard InChI is InChI=1S/C10H20N4O/c1-8(2)9(5-11)6-12-4-3-10-13-7-14-15-10/h7-9,12H,3-6,11H2,1-2H3. The van der Waals surface area contributed by atoms with E-state index in [-0.39, 0.29) is 0 Å². The highest BCUT2D eigenvalue weighted by Gasteiger charge is 2.10. The molecule has 1 unspecified atom stereocenters. The second-order valence-corrected chi connectivity index (χ2v) is 4.03. The van der Waals surface area contributed by atoms with Gasteiger partial charge in [0.05, 0.1) is 0 Å². The molecule has 5 nitrogen and oxygen atoms in total. The summed E-state index contributed by atoms with van der Waals surface area (Å²) in [6.07, 6.45) is 2.20. The van der Waals surface area contributed by atoms with Crippen LogP contribution in [0.15, 0.2) is 10.9 Å². The van der Waals surface area contributed by atoms with Gasteiger partial charge in [0.2, 0.25) is 5.89 Å². The normalized spacial score (nSPS) is 13.3. The van der Waals surface area contributed by atoms with Gasteiger partial charge in [-0.05, 0) is 24.9 Å². The van der Waals surface area contributed by atoms with E-state index in [1.807, 2.05) is 0 Å². The quantitative estimate of drug-likeness (QED) is 0.641. The predicted molar refractivity (Wildman–Crippen MR) is 58.3 cm³/mol. The Morgan fingerprint density at radius 3 is 2.87 bits per heavy atom. The molecule has 1 aromatic heterocycles. The zero-order valence-electron chi connectivity index (χ0n) is 9.44. The van der Waals surface area contributed by atoms with Crippen LogP contribution in [0.25, 0.3) is 0 Å². The van der Waals surface area contributed by atoms with Crippen molar-refractivity contribution in [3.05, 3.63) is 12.2 Å². The third kappa shape index (κ3) is 4.40. The summed E-state index contributed by atoms with van der Waals surface area (Å²) < 4.78 is 4.89. The van der Waals surface area contributed by atoms with Crippen molar-refractivity contribution < 1.29 is 4.52 Å². The number of rotatable bonds is 7. The highest BCUT2D eigenvalue weighted by Crippen LogP contribution is 2.07. The summed E-state index contributed by atoms with van der Waals surface area (Å²) in [5.41, 5.74) is 5.67. The van der Waals surface area contributed by atoms with E-state index >= 15 is 0 Å². The van der Waals surface area contributed by atoms with Gasteiger partial charge in [0.15, 0.2) is 6.33 Å². The van der Waals surface area contributed by atoms with Gasteiger partial charge in [-0.25, -0.2) is 0 Å². The molecule has 1 heterocycles. The summed E-state index contributed by atoms with van der Waals surface area (Å²) in [7, 11) is 0. The van der Waals surface area contributed by atoms with Crippen LogP contribution in [-0.4, -0.2) is 29.8 Å². The van der Waals surface area contributed by atoms with Gasteiger partial charge >= 0.3 is 0 Å². The lowest BCUT2D eigenvalue weighted by Crippen LogP contribution is -2.32. The Labute approximate surface area is 90.4 Å². The molecule has 0 saturated carbocycles. The van der Waals surface area contributed by atoms with Crippen molar-refractivity contribution in [1.82, 2.24) is 15.5 Å². The molecule has 0 saturated heterocycles. The maximum absolute atomic E-state index is 5.67. The molecule has 0 spiro atoms. The van der Waals surface area contributed by atoms with Crippen molar-refractivity contribution in [1.29, 1.82) is 0 Å². The molecule has 1 atom stereocenters. The van der Waals surface area contributed by atoms with Crippen molar-refractivity contribution in [2.45, 2.75) is 20.3 Å². The number of nitrogens with zero attached hydrogens (tertiary/aromatic N) is 2. The van der Waals surface area contributed by atoms with E-state index in [0.717, 1.165) is 26.1 Å². The fourth-order valence-corrected chi connectivity index (χ4v) is 1.38. The summed E-state index contributed by atoms with van der Waals surface area (Å²) in [4.78, 5) is 3.95. The zero-order chi connectivity index (χ0) is 11.1. The van der Waals surface area contributed by atoms with E-state index in [1.165, 1.54) is 6.33 Å². The van der Waals surface area contributed by atoms with E-state index < -0.39 is 0 Å². The molecular weight excluding hydrogens is 192 g/mol. The molecule has 1 rings (SSSR count). The number of nitrogens with one attached hydrogen (secondary N) is 1. The highest BCUT2D eigenvalue weighted by atomic mass is 16.5. The van der Waals surface area contributed by atoms with E-state index in [2.05, 4.69) is 29.3 Å². The molecule has 0 radical (unpaired) electrons. The molecule has 3 N–H and O–H groups in total. The zero-order valence-corrected chi connectivity index (χ0v) is 9.44. The van der Waals surface area contributed by atoms with Gasteiger partial charge in [-0.1, -0.05) is 19.0 Å². The first-order valence-electron chi connectivity index (χ1n) is 5.40. The lowest BCUT2D eigenvalue weighted by atomic mass is 9.96. The average Bonchev–Trinajstić information content (AvgIpc) is 2.70. The maximum Gasteiger partial charge on any atom is 0.227 e. The minimum atomic E-state index is 0.535. The van der Waals surface area contributed by atoms with Crippen molar-refractivity contribution in [2.75, 3.05) is 19.6 Å². The van der Waals surface area contributed by atoms with Gasteiger partial charge < -0.3 is 15.6 Å². The Kier molecular flexibility index (Phi) is 5.28. The molecule has 86 valence electrons. The Morgan fingerprint density at radius 2 is 2.33 bits per heavy atom. The summed E-state index contributed by atoms with van der Waals surface area (Å²) in [5, 5.41) is 6.89. The van der Waals surface area contributed by atoms with E-state index in [9.17, 15) is 0 Å². The van der Waals surface area contributed by atoms with Crippen LogP contribution in [-0.2, 0) is 6.42 Å². The maximum atomic E-state index is 5.67. The first kappa shape index (κ1) is 12.1. The first-order valence-corrected chi connectivity index (χ1v) is 5.40. The number of aromatic nitrogens is 2. The van der Waals surface area contributed by atoms with Crippen LogP contribution in [0.2, 0.25) is 0 Å². The predicted octanol–water partition coefficient (Wildman–Crippen LogP) is 0.433. The fourth-order valence-electron chi connectivity index (χ4n) is 1.38. The minimum Gasteiger partial charge on any atom is -0.340 e. The second kappa shape index (κ2) is 6.53. The molecule has 0 amide bonds. The monoisotopic (exact) mass is 212 g/mol. The van der Waals surface area contributed by atoms with Crippen LogP contribution >= 0.6 is 0 Å². The van der Waals surface area contributed by atoms with Crippen molar-refractivity contribution >= 4 is 0 Å². The summed E-state index contributed by atoms with van der Waals surface area (Å²) in [5.74, 6) is 1.83. The third-order valence-electron chi connectivity index (χ3n) is 2.57. The Bertz CT molecular complexity index is 248. The van der Waals surface area contributed by atoms with Gasteiger partial charge in [-0.15, -0.1) is 0 Å². The Hall–Kier alpha value is -0.940. The van der Waals surface area contributed by atoms with Crippen LogP contribution in [0, 0.1) is 11.8 Å². The second-order valence-electron chi connectivity index (χ2n) is 4.03. The topological polar surface area (TPSA) is 77.0 Å². The molecule has 0 aromatic carbocycles. The summed E-state index contributed by atoms with van der Waals surface area (Å²) in [6, 6.07) is 0. The van der Waals surface area contributed by atoms with Crippen molar-refractivity contribution in [3.63, 3.8) is 0 Å².